The number of piperazine rings is 1. The van der Waals surface area contributed by atoms with Crippen LogP contribution in [0, 0.1) is 6.92 Å². The van der Waals surface area contributed by atoms with Gasteiger partial charge in [-0.25, -0.2) is 9.97 Å². The van der Waals surface area contributed by atoms with Crippen LogP contribution in [0.25, 0.3) is 0 Å². The molecule has 1 amide bonds. The fourth-order valence-electron chi connectivity index (χ4n) is 4.94. The van der Waals surface area contributed by atoms with Gasteiger partial charge in [-0.2, -0.15) is 5.10 Å². The van der Waals surface area contributed by atoms with Crippen molar-refractivity contribution in [2.24, 2.45) is 0 Å². The van der Waals surface area contributed by atoms with Gasteiger partial charge in [-0.3, -0.25) is 14.8 Å². The molecule has 0 unspecified atom stereocenters. The Morgan fingerprint density at radius 1 is 1.11 bits per heavy atom. The number of nitrogens with one attached hydrogen (secondary N) is 4. The first-order valence-electron chi connectivity index (χ1n) is 13.0. The Morgan fingerprint density at radius 2 is 1.84 bits per heavy atom. The lowest BCUT2D eigenvalue weighted by Crippen LogP contribution is -2.53. The minimum Gasteiger partial charge on any atom is -0.490 e. The number of methoxy groups -OCH3 is 1. The first kappa shape index (κ1) is 26.3. The zero-order chi connectivity index (χ0) is 26.5. The summed E-state index contributed by atoms with van der Waals surface area (Å²) in [6.45, 7) is 9.36. The van der Waals surface area contributed by atoms with Crippen LogP contribution < -0.4 is 25.6 Å². The topological polar surface area (TPSA) is 123 Å². The van der Waals surface area contributed by atoms with Gasteiger partial charge in [0.05, 0.1) is 7.11 Å². The summed E-state index contributed by atoms with van der Waals surface area (Å²) in [4.78, 5) is 27.0. The fourth-order valence-corrected chi connectivity index (χ4v) is 5.69. The quantitative estimate of drug-likeness (QED) is 0.319. The van der Waals surface area contributed by atoms with Gasteiger partial charge in [0.2, 0.25) is 11.7 Å². The molecular formula is C26H35N9O2S. The normalized spacial score (nSPS) is 16.9. The Hall–Kier alpha value is -3.35. The SMILES string of the molecule is COc1c(Nc2cc(C)[nH]n2)nc(Sc2ccc(NC(C)=O)cc2)nc1N1CCN(C2CCNCC2)CC1. The monoisotopic (exact) mass is 537 g/mol. The summed E-state index contributed by atoms with van der Waals surface area (Å²) in [6.07, 6.45) is 2.41. The molecule has 0 saturated carbocycles. The molecule has 0 aliphatic carbocycles. The molecule has 12 heteroatoms. The van der Waals surface area contributed by atoms with E-state index in [-0.39, 0.29) is 5.91 Å². The molecule has 4 N–H and O–H groups in total. The van der Waals surface area contributed by atoms with Crippen molar-refractivity contribution in [3.8, 4) is 5.75 Å². The first-order valence-corrected chi connectivity index (χ1v) is 13.8. The first-order chi connectivity index (χ1) is 18.5. The number of aryl methyl sites for hydroxylation is 1. The zero-order valence-corrected chi connectivity index (χ0v) is 22.9. The summed E-state index contributed by atoms with van der Waals surface area (Å²) >= 11 is 1.46. The van der Waals surface area contributed by atoms with Crippen molar-refractivity contribution in [3.05, 3.63) is 36.0 Å². The number of piperidine rings is 1. The largest absolute Gasteiger partial charge is 0.490 e. The van der Waals surface area contributed by atoms with Crippen molar-refractivity contribution in [3.63, 3.8) is 0 Å². The number of anilines is 4. The minimum atomic E-state index is -0.0990. The van der Waals surface area contributed by atoms with Crippen LogP contribution >= 0.6 is 11.8 Å². The molecule has 0 bridgehead atoms. The van der Waals surface area contributed by atoms with Crippen molar-refractivity contribution in [1.29, 1.82) is 0 Å². The number of carbonyl (C=O) groups excluding carboxylic acids is 1. The van der Waals surface area contributed by atoms with E-state index in [9.17, 15) is 4.79 Å². The van der Waals surface area contributed by atoms with Crippen LogP contribution in [0.2, 0.25) is 0 Å². The fraction of sp³-hybridized carbons (Fsp3) is 0.462. The molecule has 2 fully saturated rings. The Bertz CT molecular complexity index is 1240. The number of ether oxygens (including phenoxy) is 1. The molecule has 0 atom stereocenters. The maximum atomic E-state index is 11.4. The van der Waals surface area contributed by atoms with Crippen LogP contribution in [0.3, 0.4) is 0 Å². The van der Waals surface area contributed by atoms with E-state index < -0.39 is 0 Å². The number of carbonyl (C=O) groups is 1. The predicted molar refractivity (Wildman–Crippen MR) is 150 cm³/mol. The third kappa shape index (κ3) is 6.37. The zero-order valence-electron chi connectivity index (χ0n) is 22.1. The van der Waals surface area contributed by atoms with Gasteiger partial charge in [0.1, 0.15) is 0 Å². The molecular weight excluding hydrogens is 502 g/mol. The van der Waals surface area contributed by atoms with Crippen LogP contribution in [0.4, 0.5) is 23.1 Å². The van der Waals surface area contributed by atoms with Gasteiger partial charge in [-0.15, -0.1) is 0 Å². The van der Waals surface area contributed by atoms with Crippen molar-refractivity contribution in [2.75, 3.05) is 61.9 Å². The van der Waals surface area contributed by atoms with E-state index in [2.05, 4.69) is 35.9 Å². The van der Waals surface area contributed by atoms with Gasteiger partial charge < -0.3 is 25.6 Å². The lowest BCUT2D eigenvalue weighted by molar-refractivity contribution is -0.114. The maximum absolute atomic E-state index is 11.4. The van der Waals surface area contributed by atoms with Crippen LogP contribution in [-0.4, -0.2) is 83.4 Å². The highest BCUT2D eigenvalue weighted by Crippen LogP contribution is 2.38. The molecule has 2 aliphatic heterocycles. The van der Waals surface area contributed by atoms with Gasteiger partial charge in [-0.1, -0.05) is 0 Å². The third-order valence-corrected chi connectivity index (χ3v) is 7.68. The Balaban J connectivity index is 1.40. The Labute approximate surface area is 227 Å². The number of nitrogens with zero attached hydrogens (tertiary/aromatic N) is 5. The van der Waals surface area contributed by atoms with Crippen molar-refractivity contribution >= 4 is 40.8 Å². The molecule has 2 aromatic heterocycles. The highest BCUT2D eigenvalue weighted by Gasteiger charge is 2.28. The lowest BCUT2D eigenvalue weighted by atomic mass is 10.0. The summed E-state index contributed by atoms with van der Waals surface area (Å²) in [5.41, 5.74) is 1.70. The average Bonchev–Trinajstić information content (AvgIpc) is 3.34. The molecule has 202 valence electrons. The summed E-state index contributed by atoms with van der Waals surface area (Å²) in [5.74, 6) is 2.52. The highest BCUT2D eigenvalue weighted by atomic mass is 32.2. The van der Waals surface area contributed by atoms with E-state index in [0.29, 0.717) is 28.6 Å². The van der Waals surface area contributed by atoms with E-state index in [1.807, 2.05) is 37.3 Å². The smallest absolute Gasteiger partial charge is 0.221 e. The molecule has 0 spiro atoms. The van der Waals surface area contributed by atoms with Crippen molar-refractivity contribution < 1.29 is 9.53 Å². The standard InChI is InChI=1S/C26H35N9O2S/c1-17-16-22(33-32-17)29-24-23(37-3)25(35-14-12-34(13-15-35)20-8-10-27-11-9-20)31-26(30-24)38-21-6-4-19(5-7-21)28-18(2)36/h4-7,16,20,27H,8-15H2,1-3H3,(H,28,36)(H2,29,30,31,32,33). The summed E-state index contributed by atoms with van der Waals surface area (Å²) in [6, 6.07) is 10.2. The molecule has 2 aliphatic rings. The number of hydrogen-bond acceptors (Lipinski definition) is 10. The third-order valence-electron chi connectivity index (χ3n) is 6.81. The Kier molecular flexibility index (Phi) is 8.30. The number of aromatic nitrogens is 4. The van der Waals surface area contributed by atoms with E-state index in [1.165, 1.54) is 31.5 Å². The number of aromatic amines is 1. The molecule has 38 heavy (non-hydrogen) atoms. The van der Waals surface area contributed by atoms with Crippen LogP contribution in [0.1, 0.15) is 25.5 Å². The van der Waals surface area contributed by atoms with Crippen molar-refractivity contribution in [2.45, 2.75) is 42.8 Å². The van der Waals surface area contributed by atoms with Gasteiger partial charge in [-0.05, 0) is 68.9 Å². The molecule has 2 saturated heterocycles. The maximum Gasteiger partial charge on any atom is 0.221 e. The van der Waals surface area contributed by atoms with Gasteiger partial charge >= 0.3 is 0 Å². The molecule has 11 nitrogen and oxygen atoms in total. The number of H-pyrrole nitrogens is 1. The van der Waals surface area contributed by atoms with Crippen LogP contribution in [0.5, 0.6) is 5.75 Å². The molecule has 0 radical (unpaired) electrons. The van der Waals surface area contributed by atoms with Crippen molar-refractivity contribution in [1.82, 2.24) is 30.4 Å². The molecule has 5 rings (SSSR count). The number of amides is 1. The summed E-state index contributed by atoms with van der Waals surface area (Å²) < 4.78 is 5.87. The van der Waals surface area contributed by atoms with Crippen LogP contribution in [-0.2, 0) is 4.79 Å². The number of rotatable bonds is 8. The molecule has 1 aromatic carbocycles. The summed E-state index contributed by atoms with van der Waals surface area (Å²) in [7, 11) is 1.65. The average molecular weight is 538 g/mol. The van der Waals surface area contributed by atoms with Gasteiger partial charge in [0.25, 0.3) is 0 Å². The second-order valence-corrected chi connectivity index (χ2v) is 10.6. The van der Waals surface area contributed by atoms with Crippen LogP contribution in [0.15, 0.2) is 40.4 Å². The van der Waals surface area contributed by atoms with E-state index >= 15 is 0 Å². The van der Waals surface area contributed by atoms with Gasteiger partial charge in [0, 0.05) is 61.5 Å². The van der Waals surface area contributed by atoms with E-state index in [0.717, 1.165) is 61.4 Å². The van der Waals surface area contributed by atoms with E-state index in [1.54, 1.807) is 7.11 Å². The Morgan fingerprint density at radius 3 is 2.47 bits per heavy atom. The summed E-state index contributed by atoms with van der Waals surface area (Å²) in [5, 5.41) is 17.5. The highest BCUT2D eigenvalue weighted by molar-refractivity contribution is 7.99. The minimum absolute atomic E-state index is 0.0990. The molecule has 3 aromatic rings. The second-order valence-electron chi connectivity index (χ2n) is 9.58. The predicted octanol–water partition coefficient (Wildman–Crippen LogP) is 3.24. The second kappa shape index (κ2) is 12.0. The lowest BCUT2D eigenvalue weighted by Gasteiger charge is -2.41. The number of benzene rings is 1. The molecule has 4 heterocycles. The number of hydrogen-bond donors (Lipinski definition) is 4. The van der Waals surface area contributed by atoms with Gasteiger partial charge in [0.15, 0.2) is 22.6 Å². The van der Waals surface area contributed by atoms with E-state index in [4.69, 9.17) is 14.7 Å².